The van der Waals surface area contributed by atoms with E-state index in [1.807, 2.05) is 31.2 Å². The molecule has 1 aliphatic rings. The maximum absolute atomic E-state index is 10.1. The Morgan fingerprint density at radius 2 is 2.06 bits per heavy atom. The van der Waals surface area contributed by atoms with Crippen LogP contribution in [-0.2, 0) is 14.6 Å². The molecule has 0 radical (unpaired) electrons. The molecule has 1 fully saturated rings. The van der Waals surface area contributed by atoms with Gasteiger partial charge in [0, 0.05) is 6.42 Å². The minimum absolute atomic E-state index is 0.0176. The highest BCUT2D eigenvalue weighted by atomic mass is 17.2. The monoisotopic (exact) mass is 222 g/mol. The Morgan fingerprint density at radius 3 is 2.56 bits per heavy atom. The second kappa shape index (κ2) is 5.09. The number of ether oxygens (including phenoxy) is 1. The third kappa shape index (κ3) is 2.40. The fourth-order valence-corrected chi connectivity index (χ4v) is 1.53. The zero-order valence-electron chi connectivity index (χ0n) is 9.09. The highest BCUT2D eigenvalue weighted by Gasteiger charge is 2.31. The van der Waals surface area contributed by atoms with Crippen LogP contribution in [0.4, 0.5) is 0 Å². The Balaban J connectivity index is 1.91. The smallest absolute Gasteiger partial charge is 0.147 e. The first-order chi connectivity index (χ1) is 7.81. The number of carbonyl (C=O) groups is 1. The van der Waals surface area contributed by atoms with E-state index in [1.54, 1.807) is 0 Å². The van der Waals surface area contributed by atoms with Crippen LogP contribution in [0.3, 0.4) is 0 Å². The summed E-state index contributed by atoms with van der Waals surface area (Å²) in [6.07, 6.45) is 1.37. The van der Waals surface area contributed by atoms with E-state index >= 15 is 0 Å². The topological polar surface area (TPSA) is 44.8 Å². The summed E-state index contributed by atoms with van der Waals surface area (Å²) in [7, 11) is 0. The normalized spacial score (nSPS) is 23.6. The van der Waals surface area contributed by atoms with Crippen LogP contribution in [0.15, 0.2) is 24.3 Å². The second-order valence-electron chi connectivity index (χ2n) is 3.69. The fraction of sp³-hybridized carbons (Fsp3) is 0.417. The molecule has 4 heteroatoms. The summed E-state index contributed by atoms with van der Waals surface area (Å²) < 4.78 is 5.36. The van der Waals surface area contributed by atoms with Crippen molar-refractivity contribution in [1.29, 1.82) is 0 Å². The quantitative estimate of drug-likeness (QED) is 0.434. The van der Waals surface area contributed by atoms with Crippen molar-refractivity contribution < 1.29 is 19.3 Å². The van der Waals surface area contributed by atoms with Gasteiger partial charge in [0.25, 0.3) is 0 Å². The first-order valence-electron chi connectivity index (χ1n) is 5.30. The molecule has 16 heavy (non-hydrogen) atoms. The van der Waals surface area contributed by atoms with Gasteiger partial charge in [0.1, 0.15) is 24.2 Å². The third-order valence-corrected chi connectivity index (χ3v) is 2.45. The summed E-state index contributed by atoms with van der Waals surface area (Å²) in [6.45, 7) is 2.38. The summed E-state index contributed by atoms with van der Waals surface area (Å²) in [5.74, 6) is 0.762. The van der Waals surface area contributed by atoms with Crippen LogP contribution in [0.2, 0.25) is 0 Å². The first kappa shape index (κ1) is 11.1. The zero-order valence-corrected chi connectivity index (χ0v) is 9.09. The van der Waals surface area contributed by atoms with E-state index in [4.69, 9.17) is 14.5 Å². The van der Waals surface area contributed by atoms with E-state index in [2.05, 4.69) is 0 Å². The summed E-state index contributed by atoms with van der Waals surface area (Å²) in [5, 5.41) is 0. The summed E-state index contributed by atoms with van der Waals surface area (Å²) in [5.41, 5.74) is 1.07. The molecule has 1 aliphatic heterocycles. The molecule has 0 amide bonds. The lowest BCUT2D eigenvalue weighted by Crippen LogP contribution is -2.32. The van der Waals surface area contributed by atoms with Gasteiger partial charge in [0.15, 0.2) is 0 Å². The molecule has 0 N–H and O–H groups in total. The predicted octanol–water partition coefficient (Wildman–Crippen LogP) is 2.05. The number of carbonyl (C=O) groups excluding carboxylic acids is 1. The van der Waals surface area contributed by atoms with Crippen molar-refractivity contribution in [3.63, 3.8) is 0 Å². The van der Waals surface area contributed by atoms with Crippen molar-refractivity contribution in [2.45, 2.75) is 25.6 Å². The molecular formula is C12H14O4. The number of hydrogen-bond acceptors (Lipinski definition) is 4. The van der Waals surface area contributed by atoms with Crippen LogP contribution >= 0.6 is 0 Å². The van der Waals surface area contributed by atoms with Gasteiger partial charge in [0.2, 0.25) is 0 Å². The van der Waals surface area contributed by atoms with Crippen molar-refractivity contribution in [2.75, 3.05) is 6.61 Å². The van der Waals surface area contributed by atoms with Gasteiger partial charge in [-0.3, -0.25) is 0 Å². The van der Waals surface area contributed by atoms with Crippen molar-refractivity contribution in [2.24, 2.45) is 0 Å². The van der Waals surface area contributed by atoms with Gasteiger partial charge in [-0.2, -0.15) is 0 Å². The maximum Gasteiger partial charge on any atom is 0.147 e. The molecular weight excluding hydrogens is 208 g/mol. The van der Waals surface area contributed by atoms with Crippen LogP contribution in [0, 0.1) is 0 Å². The van der Waals surface area contributed by atoms with Gasteiger partial charge in [-0.25, -0.2) is 9.78 Å². The van der Waals surface area contributed by atoms with Crippen LogP contribution < -0.4 is 4.74 Å². The molecule has 2 atom stereocenters. The minimum Gasteiger partial charge on any atom is -0.493 e. The molecule has 0 bridgehead atoms. The predicted molar refractivity (Wildman–Crippen MR) is 57.0 cm³/mol. The summed E-state index contributed by atoms with van der Waals surface area (Å²) in [6, 6.07) is 7.63. The Kier molecular flexibility index (Phi) is 3.54. The van der Waals surface area contributed by atoms with Crippen molar-refractivity contribution in [3.8, 4) is 5.75 Å². The van der Waals surface area contributed by atoms with Gasteiger partial charge in [-0.1, -0.05) is 12.1 Å². The lowest BCUT2D eigenvalue weighted by atomic mass is 10.0. The molecule has 0 aromatic heterocycles. The minimum atomic E-state index is 0.0176. The van der Waals surface area contributed by atoms with Crippen LogP contribution in [-0.4, -0.2) is 19.0 Å². The summed E-state index contributed by atoms with van der Waals surface area (Å²) in [4.78, 5) is 19.9. The number of benzene rings is 1. The number of aldehydes is 1. The maximum atomic E-state index is 10.1. The molecule has 1 heterocycles. The van der Waals surface area contributed by atoms with Crippen molar-refractivity contribution >= 4 is 6.29 Å². The van der Waals surface area contributed by atoms with Gasteiger partial charge in [-0.05, 0) is 24.6 Å². The van der Waals surface area contributed by atoms with Gasteiger partial charge >= 0.3 is 0 Å². The Bertz CT molecular complexity index is 347. The molecule has 0 spiro atoms. The molecule has 0 aliphatic carbocycles. The molecule has 1 aromatic carbocycles. The van der Waals surface area contributed by atoms with E-state index in [0.29, 0.717) is 13.0 Å². The molecule has 86 valence electrons. The van der Waals surface area contributed by atoms with Crippen LogP contribution in [0.5, 0.6) is 5.75 Å². The number of hydrogen-bond donors (Lipinski definition) is 0. The van der Waals surface area contributed by atoms with Gasteiger partial charge in [-0.15, -0.1) is 0 Å². The van der Waals surface area contributed by atoms with E-state index in [0.717, 1.165) is 17.6 Å². The molecule has 1 saturated heterocycles. The van der Waals surface area contributed by atoms with Crippen molar-refractivity contribution in [3.05, 3.63) is 29.8 Å². The first-order valence-corrected chi connectivity index (χ1v) is 5.30. The molecule has 2 rings (SSSR count). The highest BCUT2D eigenvalue weighted by Crippen LogP contribution is 2.33. The van der Waals surface area contributed by atoms with Gasteiger partial charge < -0.3 is 9.53 Å². The zero-order chi connectivity index (χ0) is 11.4. The standard InChI is InChI=1S/C12H14O4/c1-9-12(16-15-9)10-3-5-11(6-4-10)14-8-2-7-13/h3-7,9,12H,2,8H2,1H3. The van der Waals surface area contributed by atoms with Crippen LogP contribution in [0.25, 0.3) is 0 Å². The second-order valence-corrected chi connectivity index (χ2v) is 3.69. The lowest BCUT2D eigenvalue weighted by molar-refractivity contribution is -0.465. The Morgan fingerprint density at radius 1 is 1.31 bits per heavy atom. The average molecular weight is 222 g/mol. The average Bonchev–Trinajstić information content (AvgIpc) is 2.30. The van der Waals surface area contributed by atoms with E-state index in [9.17, 15) is 4.79 Å². The largest absolute Gasteiger partial charge is 0.493 e. The molecule has 1 aromatic rings. The fourth-order valence-electron chi connectivity index (χ4n) is 1.53. The van der Waals surface area contributed by atoms with E-state index < -0.39 is 0 Å². The van der Waals surface area contributed by atoms with Gasteiger partial charge in [0.05, 0.1) is 6.61 Å². The van der Waals surface area contributed by atoms with E-state index in [1.165, 1.54) is 0 Å². The molecule has 2 unspecified atom stereocenters. The van der Waals surface area contributed by atoms with Crippen LogP contribution in [0.1, 0.15) is 25.0 Å². The lowest BCUT2D eigenvalue weighted by Gasteiger charge is -2.32. The molecule has 4 nitrogen and oxygen atoms in total. The summed E-state index contributed by atoms with van der Waals surface area (Å²) >= 11 is 0. The third-order valence-electron chi connectivity index (χ3n) is 2.45. The molecule has 0 saturated carbocycles. The Labute approximate surface area is 94.0 Å². The highest BCUT2D eigenvalue weighted by molar-refractivity contribution is 5.49. The van der Waals surface area contributed by atoms with Crippen molar-refractivity contribution in [1.82, 2.24) is 0 Å². The Hall–Kier alpha value is -1.39. The number of rotatable bonds is 5. The SMILES string of the molecule is CC1OOC1c1ccc(OCCC=O)cc1. The van der Waals surface area contributed by atoms with E-state index in [-0.39, 0.29) is 12.2 Å².